The first kappa shape index (κ1) is 16.4. The Morgan fingerprint density at radius 1 is 1.38 bits per heavy atom. The van der Waals surface area contributed by atoms with E-state index in [0.717, 1.165) is 37.8 Å². The van der Waals surface area contributed by atoms with Crippen molar-refractivity contribution < 1.29 is 9.47 Å². The van der Waals surface area contributed by atoms with Crippen LogP contribution in [0.3, 0.4) is 0 Å². The van der Waals surface area contributed by atoms with Crippen molar-refractivity contribution in [3.63, 3.8) is 0 Å². The second kappa shape index (κ2) is 7.90. The second-order valence-electron chi connectivity index (χ2n) is 5.62. The van der Waals surface area contributed by atoms with E-state index in [1.54, 1.807) is 18.5 Å². The summed E-state index contributed by atoms with van der Waals surface area (Å²) in [7, 11) is 0. The zero-order chi connectivity index (χ0) is 16.8. The van der Waals surface area contributed by atoms with Crippen molar-refractivity contribution in [3.05, 3.63) is 42.0 Å². The lowest BCUT2D eigenvalue weighted by Gasteiger charge is -2.32. The molecule has 0 amide bonds. The largest absolute Gasteiger partial charge is 0.492 e. The van der Waals surface area contributed by atoms with Crippen LogP contribution in [0.2, 0.25) is 0 Å². The molecule has 0 N–H and O–H groups in total. The minimum atomic E-state index is -0.0453. The smallest absolute Gasteiger partial charge is 0.163 e. The van der Waals surface area contributed by atoms with Crippen LogP contribution >= 0.6 is 0 Å². The summed E-state index contributed by atoms with van der Waals surface area (Å²) < 4.78 is 13.6. The summed E-state index contributed by atoms with van der Waals surface area (Å²) >= 11 is 0. The molecule has 0 spiro atoms. The Balaban J connectivity index is 1.49. The molecule has 1 fully saturated rings. The van der Waals surface area contributed by atoms with E-state index in [-0.39, 0.29) is 6.10 Å². The Bertz CT molecular complexity index is 692. The predicted molar refractivity (Wildman–Crippen MR) is 87.5 cm³/mol. The van der Waals surface area contributed by atoms with Crippen LogP contribution < -0.4 is 4.74 Å². The average Bonchev–Trinajstić information content (AvgIpc) is 3.11. The van der Waals surface area contributed by atoms with Crippen LogP contribution in [0.4, 0.5) is 0 Å². The van der Waals surface area contributed by atoms with Gasteiger partial charge >= 0.3 is 0 Å². The predicted octanol–water partition coefficient (Wildman–Crippen LogP) is 1.62. The van der Waals surface area contributed by atoms with Crippen LogP contribution in [0.15, 0.2) is 30.6 Å². The highest BCUT2D eigenvalue weighted by molar-refractivity contribution is 5.34. The number of aromatic nitrogens is 3. The third-order valence-corrected chi connectivity index (χ3v) is 4.08. The fraction of sp³-hybridized carbons (Fsp3) is 0.471. The van der Waals surface area contributed by atoms with Crippen LogP contribution in [0.5, 0.6) is 5.75 Å². The minimum absolute atomic E-state index is 0.0453. The van der Waals surface area contributed by atoms with Gasteiger partial charge in [-0.1, -0.05) is 0 Å². The maximum absolute atomic E-state index is 8.79. The summed E-state index contributed by atoms with van der Waals surface area (Å²) in [5.41, 5.74) is 0.637. The van der Waals surface area contributed by atoms with Gasteiger partial charge in [-0.05, 0) is 31.2 Å². The molecular weight excluding hydrogens is 306 g/mol. The molecule has 3 rings (SSSR count). The SMILES string of the molecule is CCn1cnnc1C1CN(CCOc2ccc(C#N)cc2)CCO1. The lowest BCUT2D eigenvalue weighted by atomic mass is 10.2. The molecule has 7 nitrogen and oxygen atoms in total. The van der Waals surface area contributed by atoms with Crippen molar-refractivity contribution in [1.29, 1.82) is 5.26 Å². The summed E-state index contributed by atoms with van der Waals surface area (Å²) in [5, 5.41) is 17.0. The van der Waals surface area contributed by atoms with Gasteiger partial charge in [-0.2, -0.15) is 5.26 Å². The number of hydrogen-bond donors (Lipinski definition) is 0. The highest BCUT2D eigenvalue weighted by Crippen LogP contribution is 2.20. The molecule has 2 heterocycles. The van der Waals surface area contributed by atoms with Gasteiger partial charge in [0.2, 0.25) is 0 Å². The van der Waals surface area contributed by atoms with Crippen molar-refractivity contribution in [2.45, 2.75) is 19.6 Å². The van der Waals surface area contributed by atoms with Crippen LogP contribution in [-0.2, 0) is 11.3 Å². The Hall–Kier alpha value is -2.43. The maximum atomic E-state index is 8.79. The Labute approximate surface area is 141 Å². The first-order valence-electron chi connectivity index (χ1n) is 8.14. The number of aryl methyl sites for hydroxylation is 1. The van der Waals surface area contributed by atoms with Gasteiger partial charge in [-0.25, -0.2) is 0 Å². The molecule has 0 aliphatic carbocycles. The lowest BCUT2D eigenvalue weighted by Crippen LogP contribution is -2.41. The van der Waals surface area contributed by atoms with Crippen LogP contribution in [0.1, 0.15) is 24.4 Å². The summed E-state index contributed by atoms with van der Waals surface area (Å²) in [6.45, 7) is 6.67. The van der Waals surface area contributed by atoms with E-state index in [1.165, 1.54) is 0 Å². The Morgan fingerprint density at radius 3 is 2.96 bits per heavy atom. The molecule has 1 unspecified atom stereocenters. The first-order valence-corrected chi connectivity index (χ1v) is 8.14. The fourth-order valence-corrected chi connectivity index (χ4v) is 2.74. The van der Waals surface area contributed by atoms with E-state index in [0.29, 0.717) is 18.8 Å². The van der Waals surface area contributed by atoms with E-state index in [9.17, 15) is 0 Å². The zero-order valence-electron chi connectivity index (χ0n) is 13.8. The molecule has 1 aromatic heterocycles. The highest BCUT2D eigenvalue weighted by atomic mass is 16.5. The molecule has 1 atom stereocenters. The lowest BCUT2D eigenvalue weighted by molar-refractivity contribution is -0.0387. The Kier molecular flexibility index (Phi) is 5.41. The average molecular weight is 327 g/mol. The van der Waals surface area contributed by atoms with Gasteiger partial charge in [-0.15, -0.1) is 10.2 Å². The topological polar surface area (TPSA) is 76.2 Å². The molecule has 7 heteroatoms. The van der Waals surface area contributed by atoms with Gasteiger partial charge in [0.05, 0.1) is 18.2 Å². The summed E-state index contributed by atoms with van der Waals surface area (Å²) in [6, 6.07) is 9.27. The maximum Gasteiger partial charge on any atom is 0.163 e. The fourth-order valence-electron chi connectivity index (χ4n) is 2.74. The minimum Gasteiger partial charge on any atom is -0.492 e. The van der Waals surface area contributed by atoms with Crippen molar-refractivity contribution in [2.24, 2.45) is 0 Å². The second-order valence-corrected chi connectivity index (χ2v) is 5.62. The van der Waals surface area contributed by atoms with Crippen LogP contribution in [0.25, 0.3) is 0 Å². The van der Waals surface area contributed by atoms with Crippen molar-refractivity contribution in [1.82, 2.24) is 19.7 Å². The van der Waals surface area contributed by atoms with E-state index < -0.39 is 0 Å². The first-order chi connectivity index (χ1) is 11.8. The van der Waals surface area contributed by atoms with Gasteiger partial charge < -0.3 is 14.0 Å². The third-order valence-electron chi connectivity index (χ3n) is 4.08. The number of hydrogen-bond acceptors (Lipinski definition) is 6. The van der Waals surface area contributed by atoms with Gasteiger partial charge in [0.25, 0.3) is 0 Å². The number of morpholine rings is 1. The quantitative estimate of drug-likeness (QED) is 0.802. The number of nitrogens with zero attached hydrogens (tertiary/aromatic N) is 5. The molecule has 0 saturated carbocycles. The van der Waals surface area contributed by atoms with Gasteiger partial charge in [-0.3, -0.25) is 4.90 Å². The van der Waals surface area contributed by atoms with Gasteiger partial charge in [0.1, 0.15) is 24.8 Å². The number of ether oxygens (including phenoxy) is 2. The molecule has 126 valence electrons. The van der Waals surface area contributed by atoms with Crippen molar-refractivity contribution in [3.8, 4) is 11.8 Å². The zero-order valence-corrected chi connectivity index (χ0v) is 13.8. The molecule has 1 saturated heterocycles. The molecule has 1 aromatic carbocycles. The van der Waals surface area contributed by atoms with Crippen LogP contribution in [-0.4, -0.2) is 52.5 Å². The summed E-state index contributed by atoms with van der Waals surface area (Å²) in [6.07, 6.45) is 1.70. The molecule has 0 bridgehead atoms. The van der Waals surface area contributed by atoms with E-state index in [4.69, 9.17) is 14.7 Å². The van der Waals surface area contributed by atoms with Crippen LogP contribution in [0, 0.1) is 11.3 Å². The molecule has 2 aromatic rings. The van der Waals surface area contributed by atoms with Gasteiger partial charge in [0.15, 0.2) is 5.82 Å². The summed E-state index contributed by atoms with van der Waals surface area (Å²) in [4.78, 5) is 2.31. The van der Waals surface area contributed by atoms with Crippen molar-refractivity contribution >= 4 is 0 Å². The number of nitriles is 1. The number of benzene rings is 1. The van der Waals surface area contributed by atoms with Crippen molar-refractivity contribution in [2.75, 3.05) is 32.8 Å². The highest BCUT2D eigenvalue weighted by Gasteiger charge is 2.25. The molecule has 1 aliphatic rings. The summed E-state index contributed by atoms with van der Waals surface area (Å²) in [5.74, 6) is 1.67. The van der Waals surface area contributed by atoms with E-state index in [1.807, 2.05) is 16.7 Å². The van der Waals surface area contributed by atoms with Gasteiger partial charge in [0, 0.05) is 26.2 Å². The third kappa shape index (κ3) is 3.91. The monoisotopic (exact) mass is 327 g/mol. The molecule has 0 radical (unpaired) electrons. The van der Waals surface area contributed by atoms with E-state index in [2.05, 4.69) is 28.1 Å². The molecule has 24 heavy (non-hydrogen) atoms. The number of rotatable bonds is 6. The normalized spacial score (nSPS) is 18.2. The molecular formula is C17H21N5O2. The Morgan fingerprint density at radius 2 is 2.21 bits per heavy atom. The standard InChI is InChI=1S/C17H21N5O2/c1-2-22-13-19-20-17(22)16-12-21(8-10-24-16)7-9-23-15-5-3-14(11-18)4-6-15/h3-6,13,16H,2,7-10,12H2,1H3. The molecule has 1 aliphatic heterocycles. The van der Waals surface area contributed by atoms with E-state index >= 15 is 0 Å².